The molecule has 3 aromatic rings. The minimum atomic E-state index is -0.787. The van der Waals surface area contributed by atoms with E-state index in [0.29, 0.717) is 13.0 Å². The molecule has 0 spiro atoms. The molecule has 0 unspecified atom stereocenters. The first-order valence-electron chi connectivity index (χ1n) is 16.7. The monoisotopic (exact) mass is 570 g/mol. The van der Waals surface area contributed by atoms with Crippen molar-refractivity contribution in [1.29, 1.82) is 0 Å². The fraction of sp³-hybridized carbons (Fsp3) is 0.513. The second kappa shape index (κ2) is 20.9. The van der Waals surface area contributed by atoms with E-state index in [-0.39, 0.29) is 12.6 Å². The first-order valence-corrected chi connectivity index (χ1v) is 16.7. The Bertz CT molecular complexity index is 968. The van der Waals surface area contributed by atoms with Crippen LogP contribution in [0.2, 0.25) is 0 Å². The molecule has 0 saturated carbocycles. The highest BCUT2D eigenvalue weighted by molar-refractivity contribution is 5.69. The quantitative estimate of drug-likeness (QED) is 0.0646. The highest BCUT2D eigenvalue weighted by Crippen LogP contribution is 2.40. The highest BCUT2D eigenvalue weighted by Gasteiger charge is 2.37. The SMILES string of the molecule is CCCCCCCCCCCCCCCCCC(=O)OCCOC(c1ccccc1)(c1ccccc1)c1ccccc1. The molecule has 0 fully saturated rings. The van der Waals surface area contributed by atoms with Gasteiger partial charge in [0.15, 0.2) is 0 Å². The largest absolute Gasteiger partial charge is 0.463 e. The van der Waals surface area contributed by atoms with Gasteiger partial charge in [-0.25, -0.2) is 0 Å². The van der Waals surface area contributed by atoms with E-state index >= 15 is 0 Å². The lowest BCUT2D eigenvalue weighted by molar-refractivity contribution is -0.146. The number of carbonyl (C=O) groups is 1. The van der Waals surface area contributed by atoms with E-state index in [0.717, 1.165) is 29.5 Å². The van der Waals surface area contributed by atoms with Crippen LogP contribution in [0.1, 0.15) is 126 Å². The van der Waals surface area contributed by atoms with Gasteiger partial charge in [0.05, 0.1) is 6.61 Å². The summed E-state index contributed by atoms with van der Waals surface area (Å²) in [6.45, 7) is 2.83. The molecule has 0 heterocycles. The molecule has 42 heavy (non-hydrogen) atoms. The summed E-state index contributed by atoms with van der Waals surface area (Å²) in [6.07, 6.45) is 20.2. The summed E-state index contributed by atoms with van der Waals surface area (Å²) in [5.74, 6) is -0.127. The number of unbranched alkanes of at least 4 members (excludes halogenated alkanes) is 14. The molecule has 3 rings (SSSR count). The molecule has 0 aromatic heterocycles. The van der Waals surface area contributed by atoms with Crippen LogP contribution in [0.5, 0.6) is 0 Å². The maximum Gasteiger partial charge on any atom is 0.305 e. The van der Waals surface area contributed by atoms with E-state index in [9.17, 15) is 4.79 Å². The molecule has 3 heteroatoms. The fourth-order valence-corrected chi connectivity index (χ4v) is 5.83. The molecule has 3 nitrogen and oxygen atoms in total. The van der Waals surface area contributed by atoms with Crippen molar-refractivity contribution in [1.82, 2.24) is 0 Å². The van der Waals surface area contributed by atoms with E-state index in [4.69, 9.17) is 9.47 Å². The van der Waals surface area contributed by atoms with Gasteiger partial charge in [0.25, 0.3) is 0 Å². The molecule has 0 aliphatic carbocycles. The second-order valence-corrected chi connectivity index (χ2v) is 11.5. The Morgan fingerprint density at radius 3 is 1.24 bits per heavy atom. The van der Waals surface area contributed by atoms with Crippen LogP contribution in [0.3, 0.4) is 0 Å². The van der Waals surface area contributed by atoms with Gasteiger partial charge in [-0.15, -0.1) is 0 Å². The van der Waals surface area contributed by atoms with Crippen molar-refractivity contribution in [2.24, 2.45) is 0 Å². The maximum absolute atomic E-state index is 12.4. The van der Waals surface area contributed by atoms with Crippen LogP contribution in [0.4, 0.5) is 0 Å². The number of carbonyl (C=O) groups excluding carboxylic acids is 1. The van der Waals surface area contributed by atoms with Gasteiger partial charge in [0.1, 0.15) is 12.2 Å². The Labute approximate surface area is 256 Å². The molecule has 0 atom stereocenters. The maximum atomic E-state index is 12.4. The van der Waals surface area contributed by atoms with Crippen molar-refractivity contribution in [3.05, 3.63) is 108 Å². The predicted molar refractivity (Wildman–Crippen MR) is 176 cm³/mol. The Hall–Kier alpha value is -2.91. The van der Waals surface area contributed by atoms with Crippen LogP contribution < -0.4 is 0 Å². The molecule has 0 aliphatic rings. The van der Waals surface area contributed by atoms with Gasteiger partial charge >= 0.3 is 5.97 Å². The predicted octanol–water partition coefficient (Wildman–Crippen LogP) is 10.8. The molecule has 3 aromatic carbocycles. The number of ether oxygens (including phenoxy) is 2. The number of hydrogen-bond donors (Lipinski definition) is 0. The average molecular weight is 571 g/mol. The topological polar surface area (TPSA) is 35.5 Å². The average Bonchev–Trinajstić information content (AvgIpc) is 3.04. The summed E-state index contributed by atoms with van der Waals surface area (Å²) in [5, 5.41) is 0. The molecule has 0 bridgehead atoms. The molecular formula is C39H54O3. The Balaban J connectivity index is 1.33. The third-order valence-electron chi connectivity index (χ3n) is 8.19. The van der Waals surface area contributed by atoms with Gasteiger partial charge in [-0.1, -0.05) is 188 Å². The van der Waals surface area contributed by atoms with Crippen molar-refractivity contribution in [3.63, 3.8) is 0 Å². The molecule has 0 N–H and O–H groups in total. The van der Waals surface area contributed by atoms with E-state index in [1.807, 2.05) is 54.6 Å². The number of benzene rings is 3. The molecular weight excluding hydrogens is 516 g/mol. The molecule has 0 radical (unpaired) electrons. The standard InChI is InChI=1S/C39H54O3/c1-2-3-4-5-6-7-8-9-10-11-12-13-14-15-25-32-38(40)41-33-34-42-39(35-26-19-16-20-27-35,36-28-21-17-22-29-36)37-30-23-18-24-31-37/h16-24,26-31H,2-15,25,32-34H2,1H3. The van der Waals surface area contributed by atoms with E-state index in [2.05, 4.69) is 43.3 Å². The zero-order chi connectivity index (χ0) is 29.6. The van der Waals surface area contributed by atoms with E-state index in [1.54, 1.807) is 0 Å². The lowest BCUT2D eigenvalue weighted by atomic mass is 9.80. The zero-order valence-corrected chi connectivity index (χ0v) is 26.1. The Morgan fingerprint density at radius 1 is 0.500 bits per heavy atom. The smallest absolute Gasteiger partial charge is 0.305 e. The third kappa shape index (κ3) is 11.8. The number of esters is 1. The van der Waals surface area contributed by atoms with Gasteiger partial charge in [-0.3, -0.25) is 4.79 Å². The van der Waals surface area contributed by atoms with Crippen LogP contribution in [-0.2, 0) is 19.9 Å². The Kier molecular flexibility index (Phi) is 16.7. The van der Waals surface area contributed by atoms with Crippen molar-refractivity contribution < 1.29 is 14.3 Å². The van der Waals surface area contributed by atoms with Crippen LogP contribution in [0.25, 0.3) is 0 Å². The van der Waals surface area contributed by atoms with Crippen molar-refractivity contribution in [2.45, 2.75) is 115 Å². The first kappa shape index (κ1) is 33.6. The normalized spacial score (nSPS) is 11.5. The number of rotatable bonds is 23. The fourth-order valence-electron chi connectivity index (χ4n) is 5.83. The third-order valence-corrected chi connectivity index (χ3v) is 8.19. The summed E-state index contributed by atoms with van der Waals surface area (Å²) in [6, 6.07) is 30.9. The van der Waals surface area contributed by atoms with Crippen LogP contribution in [-0.4, -0.2) is 19.2 Å². The minimum absolute atomic E-state index is 0.127. The minimum Gasteiger partial charge on any atom is -0.463 e. The highest BCUT2D eigenvalue weighted by atomic mass is 16.6. The summed E-state index contributed by atoms with van der Waals surface area (Å²) in [5.41, 5.74) is 2.36. The number of hydrogen-bond acceptors (Lipinski definition) is 3. The lowest BCUT2D eigenvalue weighted by Crippen LogP contribution is -2.34. The summed E-state index contributed by atoms with van der Waals surface area (Å²) in [4.78, 5) is 12.4. The van der Waals surface area contributed by atoms with Gasteiger partial charge in [-0.2, -0.15) is 0 Å². The van der Waals surface area contributed by atoms with Crippen molar-refractivity contribution in [2.75, 3.05) is 13.2 Å². The van der Waals surface area contributed by atoms with E-state index in [1.165, 1.54) is 83.5 Å². The lowest BCUT2D eigenvalue weighted by Gasteiger charge is -2.35. The molecule has 0 amide bonds. The van der Waals surface area contributed by atoms with Crippen molar-refractivity contribution >= 4 is 5.97 Å². The summed E-state index contributed by atoms with van der Waals surface area (Å²) < 4.78 is 12.3. The molecule has 0 aliphatic heterocycles. The van der Waals surface area contributed by atoms with Crippen LogP contribution in [0.15, 0.2) is 91.0 Å². The van der Waals surface area contributed by atoms with Gasteiger partial charge in [0, 0.05) is 6.42 Å². The molecule has 0 saturated heterocycles. The summed E-state index contributed by atoms with van der Waals surface area (Å²) in [7, 11) is 0. The zero-order valence-electron chi connectivity index (χ0n) is 26.1. The molecule has 228 valence electrons. The van der Waals surface area contributed by atoms with Gasteiger partial charge < -0.3 is 9.47 Å². The Morgan fingerprint density at radius 2 is 0.857 bits per heavy atom. The van der Waals surface area contributed by atoms with E-state index < -0.39 is 5.60 Å². The van der Waals surface area contributed by atoms with Crippen molar-refractivity contribution in [3.8, 4) is 0 Å². The second-order valence-electron chi connectivity index (χ2n) is 11.5. The van der Waals surface area contributed by atoms with Gasteiger partial charge in [-0.05, 0) is 23.1 Å². The first-order chi connectivity index (χ1) is 20.8. The van der Waals surface area contributed by atoms with Crippen LogP contribution in [0, 0.1) is 0 Å². The summed E-state index contributed by atoms with van der Waals surface area (Å²) >= 11 is 0. The van der Waals surface area contributed by atoms with Crippen LogP contribution >= 0.6 is 0 Å². The van der Waals surface area contributed by atoms with Gasteiger partial charge in [0.2, 0.25) is 0 Å².